The number of carboxylic acids is 1. The summed E-state index contributed by atoms with van der Waals surface area (Å²) in [7, 11) is 0. The minimum Gasteiger partial charge on any atom is -0.480 e. The van der Waals surface area contributed by atoms with Crippen LogP contribution in [0.3, 0.4) is 0 Å². The van der Waals surface area contributed by atoms with Crippen molar-refractivity contribution >= 4 is 23.5 Å². The molecule has 0 radical (unpaired) electrons. The normalized spacial score (nSPS) is 17.6. The predicted octanol–water partition coefficient (Wildman–Crippen LogP) is 0.315. The number of para-hydroxylation sites is 1. The molecule has 7 heteroatoms. The van der Waals surface area contributed by atoms with Crippen molar-refractivity contribution in [1.82, 2.24) is 10.2 Å². The van der Waals surface area contributed by atoms with Gasteiger partial charge in [0.1, 0.15) is 6.54 Å². The Labute approximate surface area is 134 Å². The smallest absolute Gasteiger partial charge is 0.322 e. The van der Waals surface area contributed by atoms with E-state index in [1.165, 1.54) is 0 Å². The summed E-state index contributed by atoms with van der Waals surface area (Å²) < 4.78 is 0. The van der Waals surface area contributed by atoms with Crippen molar-refractivity contribution in [3.8, 4) is 0 Å². The van der Waals surface area contributed by atoms with Crippen LogP contribution in [0.15, 0.2) is 30.3 Å². The first-order valence-corrected chi connectivity index (χ1v) is 7.62. The van der Waals surface area contributed by atoms with Crippen molar-refractivity contribution in [2.45, 2.75) is 19.4 Å². The molecular formula is C16H21N3O4. The number of nitrogens with zero attached hydrogens (tertiary/aromatic N) is 2. The third kappa shape index (κ3) is 4.29. The molecule has 1 fully saturated rings. The Hall–Kier alpha value is -2.41. The molecule has 1 aliphatic rings. The van der Waals surface area contributed by atoms with Gasteiger partial charge in [0.15, 0.2) is 0 Å². The van der Waals surface area contributed by atoms with E-state index in [0.717, 1.165) is 5.69 Å². The Morgan fingerprint density at radius 3 is 2.65 bits per heavy atom. The molecule has 0 spiro atoms. The number of hydrogen-bond donors (Lipinski definition) is 2. The van der Waals surface area contributed by atoms with Crippen LogP contribution in [0.25, 0.3) is 0 Å². The van der Waals surface area contributed by atoms with Gasteiger partial charge in [0.2, 0.25) is 11.8 Å². The van der Waals surface area contributed by atoms with Crippen molar-refractivity contribution < 1.29 is 19.5 Å². The number of nitrogens with one attached hydrogen (secondary N) is 1. The number of benzene rings is 1. The second kappa shape index (κ2) is 7.73. The average Bonchev–Trinajstić information content (AvgIpc) is 2.93. The Morgan fingerprint density at radius 1 is 1.35 bits per heavy atom. The van der Waals surface area contributed by atoms with Crippen molar-refractivity contribution in [3.05, 3.63) is 30.3 Å². The summed E-state index contributed by atoms with van der Waals surface area (Å²) in [4.78, 5) is 38.4. The predicted molar refractivity (Wildman–Crippen MR) is 85.1 cm³/mol. The van der Waals surface area contributed by atoms with Crippen LogP contribution in [0.5, 0.6) is 0 Å². The molecule has 0 saturated carbocycles. The first kappa shape index (κ1) is 17.0. The van der Waals surface area contributed by atoms with Crippen LogP contribution in [0.2, 0.25) is 0 Å². The standard InChI is InChI=1S/C16H21N3O4/c1-2-18(11-14(20)17-10-15(21)22)13-8-9-19(16(13)23)12-6-4-3-5-7-12/h3-7,13H,2,8-11H2,1H3,(H,17,20)(H,21,22). The van der Waals surface area contributed by atoms with E-state index in [2.05, 4.69) is 5.32 Å². The molecule has 0 aliphatic carbocycles. The van der Waals surface area contributed by atoms with Crippen LogP contribution < -0.4 is 10.2 Å². The monoisotopic (exact) mass is 319 g/mol. The minimum atomic E-state index is -1.09. The molecule has 124 valence electrons. The van der Waals surface area contributed by atoms with Gasteiger partial charge in [0.25, 0.3) is 0 Å². The van der Waals surface area contributed by atoms with Crippen molar-refractivity contribution in [1.29, 1.82) is 0 Å². The number of aliphatic carboxylic acids is 1. The third-order valence-electron chi connectivity index (χ3n) is 3.88. The van der Waals surface area contributed by atoms with E-state index in [-0.39, 0.29) is 24.4 Å². The number of carboxylic acid groups (broad SMARTS) is 1. The van der Waals surface area contributed by atoms with E-state index in [1.807, 2.05) is 37.3 Å². The summed E-state index contributed by atoms with van der Waals surface area (Å²) in [6.07, 6.45) is 0.647. The highest BCUT2D eigenvalue weighted by Crippen LogP contribution is 2.23. The Balaban J connectivity index is 1.98. The number of likely N-dealkylation sites (N-methyl/N-ethyl adjacent to an activating group) is 1. The molecule has 2 amide bonds. The van der Waals surface area contributed by atoms with Gasteiger partial charge in [-0.25, -0.2) is 0 Å². The molecule has 1 heterocycles. The fourth-order valence-electron chi connectivity index (χ4n) is 2.72. The van der Waals surface area contributed by atoms with E-state index in [1.54, 1.807) is 9.80 Å². The van der Waals surface area contributed by atoms with Gasteiger partial charge in [-0.3, -0.25) is 19.3 Å². The van der Waals surface area contributed by atoms with Crippen LogP contribution >= 0.6 is 0 Å². The highest BCUT2D eigenvalue weighted by molar-refractivity contribution is 5.99. The van der Waals surface area contributed by atoms with E-state index in [9.17, 15) is 14.4 Å². The zero-order valence-electron chi connectivity index (χ0n) is 13.1. The lowest BCUT2D eigenvalue weighted by Gasteiger charge is -2.26. The highest BCUT2D eigenvalue weighted by atomic mass is 16.4. The van der Waals surface area contributed by atoms with Crippen molar-refractivity contribution in [2.75, 3.05) is 31.1 Å². The van der Waals surface area contributed by atoms with Crippen molar-refractivity contribution in [3.63, 3.8) is 0 Å². The van der Waals surface area contributed by atoms with Gasteiger partial charge < -0.3 is 15.3 Å². The number of carbonyl (C=O) groups is 3. The molecule has 1 unspecified atom stereocenters. The Kier molecular flexibility index (Phi) is 5.70. The maximum Gasteiger partial charge on any atom is 0.322 e. The van der Waals surface area contributed by atoms with Gasteiger partial charge in [0, 0.05) is 12.2 Å². The first-order chi connectivity index (χ1) is 11.0. The molecule has 1 aliphatic heterocycles. The molecule has 1 aromatic carbocycles. The van der Waals surface area contributed by atoms with Gasteiger partial charge >= 0.3 is 5.97 Å². The minimum absolute atomic E-state index is 0.0167. The molecule has 23 heavy (non-hydrogen) atoms. The molecule has 1 atom stereocenters. The molecule has 1 saturated heterocycles. The van der Waals surface area contributed by atoms with E-state index in [4.69, 9.17) is 5.11 Å². The molecule has 0 aromatic heterocycles. The topological polar surface area (TPSA) is 89.9 Å². The number of carbonyl (C=O) groups excluding carboxylic acids is 2. The number of amides is 2. The van der Waals surface area contributed by atoms with Crippen LogP contribution in [-0.2, 0) is 14.4 Å². The second-order valence-electron chi connectivity index (χ2n) is 5.36. The molecule has 0 bridgehead atoms. The molecule has 2 N–H and O–H groups in total. The van der Waals surface area contributed by atoms with Gasteiger partial charge in [0.05, 0.1) is 12.6 Å². The molecule has 7 nitrogen and oxygen atoms in total. The second-order valence-corrected chi connectivity index (χ2v) is 5.36. The summed E-state index contributed by atoms with van der Waals surface area (Å²) >= 11 is 0. The summed E-state index contributed by atoms with van der Waals surface area (Å²) in [5.41, 5.74) is 0.853. The fourth-order valence-corrected chi connectivity index (χ4v) is 2.72. The van der Waals surface area contributed by atoms with E-state index < -0.39 is 12.5 Å². The van der Waals surface area contributed by atoms with Gasteiger partial charge in [-0.1, -0.05) is 25.1 Å². The Morgan fingerprint density at radius 2 is 2.04 bits per heavy atom. The SMILES string of the molecule is CCN(CC(=O)NCC(=O)O)C1CCN(c2ccccc2)C1=O. The highest BCUT2D eigenvalue weighted by Gasteiger charge is 2.36. The van der Waals surface area contributed by atoms with Crippen LogP contribution in [0.4, 0.5) is 5.69 Å². The molecular weight excluding hydrogens is 298 g/mol. The zero-order chi connectivity index (χ0) is 16.8. The van der Waals surface area contributed by atoms with Crippen molar-refractivity contribution in [2.24, 2.45) is 0 Å². The lowest BCUT2D eigenvalue weighted by molar-refractivity contribution is -0.138. The fraction of sp³-hybridized carbons (Fsp3) is 0.438. The van der Waals surface area contributed by atoms with E-state index in [0.29, 0.717) is 19.5 Å². The average molecular weight is 319 g/mol. The zero-order valence-corrected chi connectivity index (χ0v) is 13.1. The number of anilines is 1. The van der Waals surface area contributed by atoms with Crippen LogP contribution in [-0.4, -0.2) is 60.0 Å². The first-order valence-electron chi connectivity index (χ1n) is 7.62. The summed E-state index contributed by atoms with van der Waals surface area (Å²) in [5, 5.41) is 10.9. The van der Waals surface area contributed by atoms with Gasteiger partial charge in [-0.15, -0.1) is 0 Å². The summed E-state index contributed by atoms with van der Waals surface area (Å²) in [6, 6.07) is 9.08. The number of rotatable bonds is 7. The quantitative estimate of drug-likeness (QED) is 0.755. The summed E-state index contributed by atoms with van der Waals surface area (Å²) in [5.74, 6) is -1.50. The maximum atomic E-state index is 12.6. The lowest BCUT2D eigenvalue weighted by atomic mass is 10.2. The lowest BCUT2D eigenvalue weighted by Crippen LogP contribution is -2.47. The largest absolute Gasteiger partial charge is 0.480 e. The van der Waals surface area contributed by atoms with E-state index >= 15 is 0 Å². The number of hydrogen-bond acceptors (Lipinski definition) is 4. The summed E-state index contributed by atoms with van der Waals surface area (Å²) in [6.45, 7) is 2.64. The van der Waals surface area contributed by atoms with Crippen LogP contribution in [0.1, 0.15) is 13.3 Å². The van der Waals surface area contributed by atoms with Gasteiger partial charge in [-0.2, -0.15) is 0 Å². The maximum absolute atomic E-state index is 12.6. The third-order valence-corrected chi connectivity index (χ3v) is 3.88. The molecule has 1 aromatic rings. The van der Waals surface area contributed by atoms with Gasteiger partial charge in [-0.05, 0) is 25.1 Å². The Bertz CT molecular complexity index is 576. The van der Waals surface area contributed by atoms with Crippen LogP contribution in [0, 0.1) is 0 Å². The molecule has 2 rings (SSSR count).